The van der Waals surface area contributed by atoms with E-state index in [9.17, 15) is 9.59 Å². The summed E-state index contributed by atoms with van der Waals surface area (Å²) in [5, 5.41) is 0. The standard InChI is InChI=1S/C21H21N3O3/c1-14-11-16-7-3-5-9-18(16)24(14)20(25)13-27-21(26)12-23-15(2)22-17-8-4-6-10-19(17)23/h3-10,14H,11-13H2,1-2H3/t14-/m1/s1. The number of carbonyl (C=O) groups is 2. The normalized spacial score (nSPS) is 15.8. The van der Waals surface area contributed by atoms with Crippen LogP contribution in [-0.4, -0.2) is 34.1 Å². The zero-order valence-corrected chi connectivity index (χ0v) is 15.4. The second kappa shape index (κ2) is 6.87. The maximum absolute atomic E-state index is 12.6. The number of anilines is 1. The molecule has 1 atom stereocenters. The average Bonchev–Trinajstić information content (AvgIpc) is 3.16. The monoisotopic (exact) mass is 363 g/mol. The molecule has 0 saturated heterocycles. The van der Waals surface area contributed by atoms with Crippen molar-refractivity contribution in [3.05, 3.63) is 59.9 Å². The van der Waals surface area contributed by atoms with Gasteiger partial charge in [0.05, 0.1) is 11.0 Å². The van der Waals surface area contributed by atoms with E-state index in [1.807, 2.05) is 62.4 Å². The largest absolute Gasteiger partial charge is 0.454 e. The van der Waals surface area contributed by atoms with E-state index < -0.39 is 5.97 Å². The molecule has 2 heterocycles. The maximum atomic E-state index is 12.6. The van der Waals surface area contributed by atoms with Crippen molar-refractivity contribution in [2.45, 2.75) is 32.9 Å². The van der Waals surface area contributed by atoms with Crippen LogP contribution in [0.15, 0.2) is 48.5 Å². The van der Waals surface area contributed by atoms with Crippen LogP contribution in [-0.2, 0) is 27.3 Å². The summed E-state index contributed by atoms with van der Waals surface area (Å²) in [7, 11) is 0. The first kappa shape index (κ1) is 17.3. The van der Waals surface area contributed by atoms with Crippen molar-refractivity contribution >= 4 is 28.6 Å². The highest BCUT2D eigenvalue weighted by atomic mass is 16.5. The number of imidazole rings is 1. The van der Waals surface area contributed by atoms with Gasteiger partial charge in [0.2, 0.25) is 0 Å². The summed E-state index contributed by atoms with van der Waals surface area (Å²) in [5.74, 6) is 0.0873. The molecule has 0 spiro atoms. The van der Waals surface area contributed by atoms with Gasteiger partial charge in [-0.2, -0.15) is 0 Å². The highest BCUT2D eigenvalue weighted by Crippen LogP contribution is 2.31. The number of hydrogen-bond donors (Lipinski definition) is 0. The Morgan fingerprint density at radius 1 is 1.15 bits per heavy atom. The predicted molar refractivity (Wildman–Crippen MR) is 103 cm³/mol. The number of esters is 1. The van der Waals surface area contributed by atoms with E-state index in [4.69, 9.17) is 4.74 Å². The van der Waals surface area contributed by atoms with Gasteiger partial charge < -0.3 is 14.2 Å². The third kappa shape index (κ3) is 3.18. The molecular weight excluding hydrogens is 342 g/mol. The molecule has 6 heteroatoms. The Morgan fingerprint density at radius 3 is 2.74 bits per heavy atom. The van der Waals surface area contributed by atoms with E-state index in [1.54, 1.807) is 9.47 Å². The molecule has 0 fully saturated rings. The van der Waals surface area contributed by atoms with Gasteiger partial charge >= 0.3 is 5.97 Å². The van der Waals surface area contributed by atoms with Gasteiger partial charge in [-0.15, -0.1) is 0 Å². The van der Waals surface area contributed by atoms with Crippen molar-refractivity contribution in [2.75, 3.05) is 11.5 Å². The number of carbonyl (C=O) groups excluding carboxylic acids is 2. The molecule has 2 aromatic carbocycles. The number of hydrogen-bond acceptors (Lipinski definition) is 4. The van der Waals surface area contributed by atoms with Gasteiger partial charge in [-0.05, 0) is 44.0 Å². The quantitative estimate of drug-likeness (QED) is 0.669. The minimum absolute atomic E-state index is 0.0335. The molecule has 1 amide bonds. The summed E-state index contributed by atoms with van der Waals surface area (Å²) in [6.45, 7) is 3.62. The number of rotatable bonds is 4. The Kier molecular flexibility index (Phi) is 4.39. The van der Waals surface area contributed by atoms with E-state index in [1.165, 1.54) is 0 Å². The number of amides is 1. The molecular formula is C21H21N3O3. The Balaban J connectivity index is 1.42. The maximum Gasteiger partial charge on any atom is 0.326 e. The van der Waals surface area contributed by atoms with Crippen LogP contribution in [0.1, 0.15) is 18.3 Å². The van der Waals surface area contributed by atoms with Crippen LogP contribution < -0.4 is 4.90 Å². The van der Waals surface area contributed by atoms with Crippen molar-refractivity contribution in [3.63, 3.8) is 0 Å². The van der Waals surface area contributed by atoms with Crippen LogP contribution in [0.4, 0.5) is 5.69 Å². The van der Waals surface area contributed by atoms with Gasteiger partial charge in [0.15, 0.2) is 6.61 Å². The predicted octanol–water partition coefficient (Wildman–Crippen LogP) is 2.87. The molecule has 6 nitrogen and oxygen atoms in total. The van der Waals surface area contributed by atoms with Crippen LogP contribution >= 0.6 is 0 Å². The van der Waals surface area contributed by atoms with Crippen LogP contribution in [0.5, 0.6) is 0 Å². The molecule has 0 unspecified atom stereocenters. The highest BCUT2D eigenvalue weighted by Gasteiger charge is 2.31. The Bertz CT molecular complexity index is 1020. The van der Waals surface area contributed by atoms with E-state index >= 15 is 0 Å². The number of para-hydroxylation sites is 3. The zero-order chi connectivity index (χ0) is 19.0. The number of ether oxygens (including phenoxy) is 1. The molecule has 1 aromatic heterocycles. The van der Waals surface area contributed by atoms with Gasteiger partial charge in [0, 0.05) is 11.7 Å². The minimum Gasteiger partial charge on any atom is -0.454 e. The van der Waals surface area contributed by atoms with Gasteiger partial charge in [0.1, 0.15) is 12.4 Å². The number of aromatic nitrogens is 2. The SMILES string of the molecule is Cc1nc2ccccc2n1CC(=O)OCC(=O)N1c2ccccc2C[C@H]1C. The second-order valence-electron chi connectivity index (χ2n) is 6.84. The molecule has 1 aliphatic heterocycles. The molecule has 1 aliphatic rings. The van der Waals surface area contributed by atoms with Crippen LogP contribution in [0, 0.1) is 6.92 Å². The Morgan fingerprint density at radius 2 is 1.89 bits per heavy atom. The van der Waals surface area contributed by atoms with Crippen molar-refractivity contribution in [3.8, 4) is 0 Å². The van der Waals surface area contributed by atoms with Crippen molar-refractivity contribution < 1.29 is 14.3 Å². The first-order valence-electron chi connectivity index (χ1n) is 9.02. The first-order valence-corrected chi connectivity index (χ1v) is 9.02. The second-order valence-corrected chi connectivity index (χ2v) is 6.84. The number of benzene rings is 2. The lowest BCUT2D eigenvalue weighted by Gasteiger charge is -2.22. The third-order valence-corrected chi connectivity index (χ3v) is 4.97. The minimum atomic E-state index is -0.449. The highest BCUT2D eigenvalue weighted by molar-refractivity contribution is 5.97. The summed E-state index contributed by atoms with van der Waals surface area (Å²) in [6.07, 6.45) is 0.816. The average molecular weight is 363 g/mol. The molecule has 0 radical (unpaired) electrons. The summed E-state index contributed by atoms with van der Waals surface area (Å²) < 4.78 is 7.08. The zero-order valence-electron chi connectivity index (χ0n) is 15.4. The fraction of sp³-hybridized carbons (Fsp3) is 0.286. The Hall–Kier alpha value is -3.15. The Labute approximate surface area is 157 Å². The number of fused-ring (bicyclic) bond motifs is 2. The van der Waals surface area contributed by atoms with E-state index in [-0.39, 0.29) is 25.1 Å². The summed E-state index contributed by atoms with van der Waals surface area (Å²) >= 11 is 0. The lowest BCUT2D eigenvalue weighted by atomic mass is 10.1. The van der Waals surface area contributed by atoms with E-state index in [0.717, 1.165) is 34.5 Å². The van der Waals surface area contributed by atoms with Gasteiger partial charge in [-0.3, -0.25) is 9.59 Å². The van der Waals surface area contributed by atoms with E-state index in [2.05, 4.69) is 4.98 Å². The molecule has 0 N–H and O–H groups in total. The van der Waals surface area contributed by atoms with Crippen molar-refractivity contribution in [2.24, 2.45) is 0 Å². The topological polar surface area (TPSA) is 64.4 Å². The first-order chi connectivity index (χ1) is 13.0. The summed E-state index contributed by atoms with van der Waals surface area (Å²) in [6, 6.07) is 15.5. The van der Waals surface area contributed by atoms with Crippen molar-refractivity contribution in [1.29, 1.82) is 0 Å². The molecule has 138 valence electrons. The van der Waals surface area contributed by atoms with E-state index in [0.29, 0.717) is 0 Å². The third-order valence-electron chi connectivity index (χ3n) is 4.97. The fourth-order valence-electron chi connectivity index (χ4n) is 3.73. The van der Waals surface area contributed by atoms with Gasteiger partial charge in [0.25, 0.3) is 5.91 Å². The van der Waals surface area contributed by atoms with Gasteiger partial charge in [-0.1, -0.05) is 30.3 Å². The van der Waals surface area contributed by atoms with Crippen LogP contribution in [0.3, 0.4) is 0 Å². The lowest BCUT2D eigenvalue weighted by Crippen LogP contribution is -2.39. The lowest BCUT2D eigenvalue weighted by molar-refractivity contribution is -0.148. The number of aryl methyl sites for hydroxylation is 1. The molecule has 0 bridgehead atoms. The summed E-state index contributed by atoms with van der Waals surface area (Å²) in [5.41, 5.74) is 3.76. The van der Waals surface area contributed by atoms with Crippen LogP contribution in [0.2, 0.25) is 0 Å². The van der Waals surface area contributed by atoms with Crippen LogP contribution in [0.25, 0.3) is 11.0 Å². The molecule has 27 heavy (non-hydrogen) atoms. The molecule has 3 aromatic rings. The van der Waals surface area contributed by atoms with Crippen molar-refractivity contribution in [1.82, 2.24) is 9.55 Å². The smallest absolute Gasteiger partial charge is 0.326 e. The summed E-state index contributed by atoms with van der Waals surface area (Å²) in [4.78, 5) is 31.1. The fourth-order valence-corrected chi connectivity index (χ4v) is 3.73. The molecule has 0 saturated carbocycles. The molecule has 4 rings (SSSR count). The molecule has 0 aliphatic carbocycles. The number of nitrogens with zero attached hydrogens (tertiary/aromatic N) is 3. The van der Waals surface area contributed by atoms with Gasteiger partial charge in [-0.25, -0.2) is 4.98 Å².